The molecule has 0 saturated carbocycles. The van der Waals surface area contributed by atoms with Crippen molar-refractivity contribution in [3.05, 3.63) is 36.8 Å². The van der Waals surface area contributed by atoms with Gasteiger partial charge in [0.05, 0.1) is 5.69 Å². The van der Waals surface area contributed by atoms with Crippen LogP contribution in [0.15, 0.2) is 36.8 Å². The number of thioether (sulfide) groups is 1. The van der Waals surface area contributed by atoms with Crippen molar-refractivity contribution in [3.8, 4) is 5.82 Å². The van der Waals surface area contributed by atoms with Crippen LogP contribution in [0.3, 0.4) is 0 Å². The summed E-state index contributed by atoms with van der Waals surface area (Å²) in [4.78, 5) is 4.42. The molecule has 0 amide bonds. The number of pyridine rings is 1. The van der Waals surface area contributed by atoms with Crippen molar-refractivity contribution in [1.29, 1.82) is 0 Å². The fourth-order valence-corrected chi connectivity index (χ4v) is 3.41. The summed E-state index contributed by atoms with van der Waals surface area (Å²) in [5.41, 5.74) is 1.06. The van der Waals surface area contributed by atoms with Crippen LogP contribution >= 0.6 is 11.8 Å². The third-order valence-electron chi connectivity index (χ3n) is 3.23. The molecular formula is C13H16N4S. The Morgan fingerprint density at radius 2 is 2.33 bits per heavy atom. The lowest BCUT2D eigenvalue weighted by atomic mass is 10.1. The van der Waals surface area contributed by atoms with Crippen molar-refractivity contribution >= 4 is 17.4 Å². The second-order valence-electron chi connectivity index (χ2n) is 4.44. The van der Waals surface area contributed by atoms with Gasteiger partial charge in [-0.2, -0.15) is 16.9 Å². The van der Waals surface area contributed by atoms with Gasteiger partial charge in [-0.25, -0.2) is 9.67 Å². The zero-order valence-electron chi connectivity index (χ0n) is 10.3. The molecule has 0 radical (unpaired) electrons. The summed E-state index contributed by atoms with van der Waals surface area (Å²) >= 11 is 2.02. The average Bonchev–Trinajstić information content (AvgIpc) is 3.03. The van der Waals surface area contributed by atoms with E-state index in [1.807, 2.05) is 30.1 Å². The first-order valence-corrected chi connectivity index (χ1v) is 7.22. The van der Waals surface area contributed by atoms with Gasteiger partial charge in [0.15, 0.2) is 5.82 Å². The lowest BCUT2D eigenvalue weighted by Gasteiger charge is -2.19. The number of rotatable bonds is 3. The van der Waals surface area contributed by atoms with E-state index in [0.29, 0.717) is 11.3 Å². The van der Waals surface area contributed by atoms with Crippen LogP contribution in [0.1, 0.15) is 13.3 Å². The monoisotopic (exact) mass is 260 g/mol. The number of nitrogens with zero attached hydrogens (tertiary/aromatic N) is 3. The van der Waals surface area contributed by atoms with Gasteiger partial charge in [-0.1, -0.05) is 6.92 Å². The van der Waals surface area contributed by atoms with Crippen molar-refractivity contribution in [2.75, 3.05) is 11.1 Å². The van der Waals surface area contributed by atoms with E-state index < -0.39 is 0 Å². The van der Waals surface area contributed by atoms with Crippen LogP contribution in [0.5, 0.6) is 0 Å². The van der Waals surface area contributed by atoms with E-state index in [2.05, 4.69) is 28.4 Å². The SMILES string of the molecule is CC1SCCC1Nc1cccnc1-n1cccn1. The Hall–Kier alpha value is -1.49. The van der Waals surface area contributed by atoms with Gasteiger partial charge in [0.25, 0.3) is 0 Å². The maximum Gasteiger partial charge on any atom is 0.176 e. The Morgan fingerprint density at radius 1 is 1.39 bits per heavy atom. The molecule has 94 valence electrons. The first-order chi connectivity index (χ1) is 8.84. The largest absolute Gasteiger partial charge is 0.378 e. The summed E-state index contributed by atoms with van der Waals surface area (Å²) in [5.74, 6) is 2.10. The highest BCUT2D eigenvalue weighted by Gasteiger charge is 2.24. The molecule has 4 nitrogen and oxygen atoms in total. The summed E-state index contributed by atoms with van der Waals surface area (Å²) in [6.45, 7) is 2.28. The van der Waals surface area contributed by atoms with Gasteiger partial charge in [-0.15, -0.1) is 0 Å². The normalized spacial score (nSPS) is 23.2. The molecule has 1 aliphatic rings. The molecule has 2 atom stereocenters. The lowest BCUT2D eigenvalue weighted by Crippen LogP contribution is -2.25. The molecule has 3 heterocycles. The first-order valence-electron chi connectivity index (χ1n) is 6.18. The molecule has 1 aliphatic heterocycles. The lowest BCUT2D eigenvalue weighted by molar-refractivity contribution is 0.720. The molecule has 1 saturated heterocycles. The summed E-state index contributed by atoms with van der Waals surface area (Å²) in [6, 6.07) is 6.46. The van der Waals surface area contributed by atoms with E-state index in [-0.39, 0.29) is 0 Å². The van der Waals surface area contributed by atoms with E-state index in [0.717, 1.165) is 11.5 Å². The van der Waals surface area contributed by atoms with Crippen LogP contribution in [0.4, 0.5) is 5.69 Å². The predicted molar refractivity (Wildman–Crippen MR) is 75.3 cm³/mol. The van der Waals surface area contributed by atoms with Crippen molar-refractivity contribution in [1.82, 2.24) is 14.8 Å². The molecule has 1 fully saturated rings. The van der Waals surface area contributed by atoms with Crippen molar-refractivity contribution in [2.45, 2.75) is 24.6 Å². The first kappa shape index (κ1) is 11.6. The molecule has 1 N–H and O–H groups in total. The zero-order valence-corrected chi connectivity index (χ0v) is 11.1. The van der Waals surface area contributed by atoms with Crippen LogP contribution < -0.4 is 5.32 Å². The summed E-state index contributed by atoms with van der Waals surface area (Å²) in [5, 5.41) is 8.50. The predicted octanol–water partition coefficient (Wildman–Crippen LogP) is 2.57. The van der Waals surface area contributed by atoms with E-state index in [1.165, 1.54) is 12.2 Å². The molecule has 3 rings (SSSR count). The highest BCUT2D eigenvalue weighted by atomic mass is 32.2. The maximum atomic E-state index is 4.42. The Bertz CT molecular complexity index is 511. The van der Waals surface area contributed by atoms with Gasteiger partial charge < -0.3 is 5.32 Å². The second kappa shape index (κ2) is 5.02. The van der Waals surface area contributed by atoms with Gasteiger partial charge in [0.2, 0.25) is 0 Å². The molecular weight excluding hydrogens is 244 g/mol. The maximum absolute atomic E-state index is 4.42. The molecule has 5 heteroatoms. The van der Waals surface area contributed by atoms with Gasteiger partial charge in [-0.05, 0) is 30.4 Å². The van der Waals surface area contributed by atoms with Gasteiger partial charge >= 0.3 is 0 Å². The fraction of sp³-hybridized carbons (Fsp3) is 0.385. The summed E-state index contributed by atoms with van der Waals surface area (Å²) in [7, 11) is 0. The van der Waals surface area contributed by atoms with Gasteiger partial charge in [-0.3, -0.25) is 0 Å². The number of hydrogen-bond acceptors (Lipinski definition) is 4. The van der Waals surface area contributed by atoms with Crippen molar-refractivity contribution in [2.24, 2.45) is 0 Å². The molecule has 0 bridgehead atoms. The molecule has 2 aromatic rings. The number of nitrogens with one attached hydrogen (secondary N) is 1. The minimum absolute atomic E-state index is 0.522. The second-order valence-corrected chi connectivity index (χ2v) is 5.93. The fourth-order valence-electron chi connectivity index (χ4n) is 2.21. The molecule has 2 unspecified atom stereocenters. The van der Waals surface area contributed by atoms with Crippen molar-refractivity contribution in [3.63, 3.8) is 0 Å². The zero-order chi connectivity index (χ0) is 12.4. The van der Waals surface area contributed by atoms with Gasteiger partial charge in [0.1, 0.15) is 0 Å². The molecule has 0 spiro atoms. The van der Waals surface area contributed by atoms with Crippen LogP contribution in [0, 0.1) is 0 Å². The smallest absolute Gasteiger partial charge is 0.176 e. The van der Waals surface area contributed by atoms with Crippen molar-refractivity contribution < 1.29 is 0 Å². The number of anilines is 1. The molecule has 0 aliphatic carbocycles. The van der Waals surface area contributed by atoms with Crippen LogP contribution in [0.25, 0.3) is 5.82 Å². The van der Waals surface area contributed by atoms with Gasteiger partial charge in [0, 0.05) is 29.9 Å². The Balaban J connectivity index is 1.88. The van der Waals surface area contributed by atoms with Crippen LogP contribution in [-0.4, -0.2) is 31.8 Å². The van der Waals surface area contributed by atoms with E-state index in [9.17, 15) is 0 Å². The Labute approximate surface area is 111 Å². The molecule has 0 aromatic carbocycles. The Kier molecular flexibility index (Phi) is 3.23. The van der Waals surface area contributed by atoms with E-state index >= 15 is 0 Å². The number of hydrogen-bond donors (Lipinski definition) is 1. The standard InChI is InChI=1S/C13H16N4S/c1-10-11(5-9-18-10)16-12-4-2-6-14-13(12)17-8-3-7-15-17/h2-4,6-8,10-11,16H,5,9H2,1H3. The van der Waals surface area contributed by atoms with Crippen LogP contribution in [-0.2, 0) is 0 Å². The van der Waals surface area contributed by atoms with E-state index in [1.54, 1.807) is 17.1 Å². The average molecular weight is 260 g/mol. The quantitative estimate of drug-likeness (QED) is 0.921. The minimum Gasteiger partial charge on any atom is -0.378 e. The third-order valence-corrected chi connectivity index (χ3v) is 4.55. The highest BCUT2D eigenvalue weighted by molar-refractivity contribution is 8.00. The molecule has 2 aromatic heterocycles. The summed E-state index contributed by atoms with van der Waals surface area (Å²) < 4.78 is 1.80. The summed E-state index contributed by atoms with van der Waals surface area (Å²) in [6.07, 6.45) is 6.70. The number of aromatic nitrogens is 3. The third kappa shape index (κ3) is 2.22. The minimum atomic E-state index is 0.522. The topological polar surface area (TPSA) is 42.7 Å². The van der Waals surface area contributed by atoms with E-state index in [4.69, 9.17) is 0 Å². The highest BCUT2D eigenvalue weighted by Crippen LogP contribution is 2.30. The molecule has 18 heavy (non-hydrogen) atoms. The van der Waals surface area contributed by atoms with Crippen LogP contribution in [0.2, 0.25) is 0 Å². The Morgan fingerprint density at radius 3 is 3.06 bits per heavy atom.